The van der Waals surface area contributed by atoms with Crippen molar-refractivity contribution in [1.29, 1.82) is 0 Å². The molecule has 0 bridgehead atoms. The zero-order chi connectivity index (χ0) is 46.6. The van der Waals surface area contributed by atoms with Crippen molar-refractivity contribution in [3.05, 3.63) is 227 Å². The van der Waals surface area contributed by atoms with E-state index in [-0.39, 0.29) is 10.8 Å². The second-order valence-corrected chi connectivity index (χ2v) is 18.9. The number of anilines is 6. The van der Waals surface area contributed by atoms with E-state index in [0.717, 1.165) is 33.9 Å². The Morgan fingerprint density at radius 2 is 0.632 bits per heavy atom. The third-order valence-corrected chi connectivity index (χ3v) is 13.7. The van der Waals surface area contributed by atoms with Crippen molar-refractivity contribution in [1.82, 2.24) is 29.9 Å². The minimum Gasteiger partial charge on any atom is -0.279 e. The van der Waals surface area contributed by atoms with Gasteiger partial charge in [-0.05, 0) is 129 Å². The van der Waals surface area contributed by atoms with Crippen LogP contribution in [0.5, 0.6) is 0 Å². The molecule has 0 amide bonds. The average Bonchev–Trinajstić information content (AvgIpc) is 3.73. The van der Waals surface area contributed by atoms with Crippen LogP contribution in [0.2, 0.25) is 0 Å². The third-order valence-electron chi connectivity index (χ3n) is 13.7. The third kappa shape index (κ3) is 7.63. The Bertz CT molecular complexity index is 3170. The Morgan fingerprint density at radius 3 is 1.00 bits per heavy atom. The fraction of sp³-hybridized carbons (Fsp3) is 0.133. The Morgan fingerprint density at radius 1 is 0.338 bits per heavy atom. The van der Waals surface area contributed by atoms with E-state index in [0.29, 0.717) is 11.9 Å². The smallest absolute Gasteiger partial charge is 0.237 e. The van der Waals surface area contributed by atoms with E-state index in [2.05, 4.69) is 251 Å². The molecule has 2 aromatic heterocycles. The van der Waals surface area contributed by atoms with Crippen molar-refractivity contribution in [2.45, 2.75) is 52.4 Å². The first-order valence-electron chi connectivity index (χ1n) is 23.0. The first kappa shape index (κ1) is 42.3. The van der Waals surface area contributed by atoms with Crippen LogP contribution in [-0.2, 0) is 10.8 Å². The maximum atomic E-state index is 4.54. The van der Waals surface area contributed by atoms with E-state index in [1.54, 1.807) is 25.3 Å². The lowest BCUT2D eigenvalue weighted by Gasteiger charge is -2.26. The molecule has 330 valence electrons. The van der Waals surface area contributed by atoms with Gasteiger partial charge in [-0.1, -0.05) is 160 Å². The van der Waals surface area contributed by atoms with E-state index in [1.807, 2.05) is 0 Å². The summed E-state index contributed by atoms with van der Waals surface area (Å²) >= 11 is 0. The highest BCUT2D eigenvalue weighted by atomic mass is 15.3. The number of nitrogens with zero attached hydrogens (tertiary/aromatic N) is 8. The molecule has 8 nitrogen and oxygen atoms in total. The van der Waals surface area contributed by atoms with E-state index in [9.17, 15) is 0 Å². The molecule has 11 rings (SSSR count). The van der Waals surface area contributed by atoms with E-state index in [1.165, 1.54) is 66.8 Å². The number of benzene rings is 7. The highest BCUT2D eigenvalue weighted by Crippen LogP contribution is 2.52. The molecule has 0 radical (unpaired) electrons. The summed E-state index contributed by atoms with van der Waals surface area (Å²) in [5.41, 5.74) is 20.9. The minimum atomic E-state index is -0.209. The number of fused-ring (bicyclic) bond motifs is 6. The highest BCUT2D eigenvalue weighted by molar-refractivity contribution is 5.88. The summed E-state index contributed by atoms with van der Waals surface area (Å²) in [5.74, 6) is 1.17. The molecule has 9 aromatic rings. The fourth-order valence-corrected chi connectivity index (χ4v) is 9.92. The lowest BCUT2D eigenvalue weighted by Crippen LogP contribution is -2.17. The maximum absolute atomic E-state index is 4.54. The first-order valence-corrected chi connectivity index (χ1v) is 23.0. The second kappa shape index (κ2) is 16.8. The number of aromatic nitrogens is 6. The van der Waals surface area contributed by atoms with Gasteiger partial charge in [0.15, 0.2) is 0 Å². The van der Waals surface area contributed by atoms with Crippen LogP contribution >= 0.6 is 0 Å². The molecule has 2 heterocycles. The molecule has 68 heavy (non-hydrogen) atoms. The number of rotatable bonds is 10. The summed E-state index contributed by atoms with van der Waals surface area (Å²) < 4.78 is 0. The molecule has 0 aliphatic heterocycles. The normalized spacial score (nSPS) is 13.9. The molecule has 0 atom stereocenters. The van der Waals surface area contributed by atoms with Gasteiger partial charge in [0.25, 0.3) is 0 Å². The number of hydrogen-bond donors (Lipinski definition) is 0. The first-order chi connectivity index (χ1) is 33.0. The Balaban J connectivity index is 0.796. The topological polar surface area (TPSA) is 83.8 Å². The van der Waals surface area contributed by atoms with Gasteiger partial charge < -0.3 is 0 Å². The summed E-state index contributed by atoms with van der Waals surface area (Å²) in [6.45, 7) is 13.5. The van der Waals surface area contributed by atoms with Crippen molar-refractivity contribution >= 4 is 59.0 Å². The van der Waals surface area contributed by atoms with E-state index >= 15 is 0 Å². The average molecular weight is 883 g/mol. The predicted molar refractivity (Wildman–Crippen MR) is 278 cm³/mol. The van der Waals surface area contributed by atoms with E-state index < -0.39 is 0 Å². The van der Waals surface area contributed by atoms with Gasteiger partial charge in [-0.15, -0.1) is 0 Å². The Labute approximate surface area is 398 Å². The van der Waals surface area contributed by atoms with Gasteiger partial charge in [0, 0.05) is 33.6 Å². The van der Waals surface area contributed by atoms with Crippen LogP contribution in [0.15, 0.2) is 171 Å². The van der Waals surface area contributed by atoms with Gasteiger partial charge in [0.1, 0.15) is 25.3 Å². The number of aryl methyl sites for hydroxylation is 2. The molecule has 0 saturated carbocycles. The largest absolute Gasteiger partial charge is 0.279 e. The molecular formula is C60H50N8. The summed E-state index contributed by atoms with van der Waals surface area (Å²) in [5, 5.41) is 0. The molecule has 2 aliphatic rings. The summed E-state index contributed by atoms with van der Waals surface area (Å²) in [6, 6.07) is 52.8. The molecule has 7 aromatic carbocycles. The van der Waals surface area contributed by atoms with Crippen molar-refractivity contribution < 1.29 is 0 Å². The minimum absolute atomic E-state index is 0.209. The summed E-state index contributed by atoms with van der Waals surface area (Å²) in [6.07, 6.45) is 15.0. The van der Waals surface area contributed by atoms with Crippen LogP contribution in [0, 0.1) is 13.8 Å². The number of hydrogen-bond acceptors (Lipinski definition) is 8. The summed E-state index contributed by atoms with van der Waals surface area (Å²) in [4.78, 5) is 30.5. The molecular weight excluding hydrogens is 833 g/mol. The molecule has 8 heteroatoms. The van der Waals surface area contributed by atoms with Gasteiger partial charge in [-0.3, -0.25) is 9.80 Å². The summed E-state index contributed by atoms with van der Waals surface area (Å²) in [7, 11) is 0. The van der Waals surface area contributed by atoms with Crippen LogP contribution in [0.1, 0.15) is 83.3 Å². The zero-order valence-corrected chi connectivity index (χ0v) is 39.1. The van der Waals surface area contributed by atoms with Gasteiger partial charge in [-0.2, -0.15) is 0 Å². The monoisotopic (exact) mass is 882 g/mol. The predicted octanol–water partition coefficient (Wildman–Crippen LogP) is 14.6. The SMILES string of the molecule is Cc1ccc(N(c2ccc3c(c2)C(C)(C)c2cc(/C=C/c4ccc(/C=C/c5ccc6c(c5)C(C)(C)c5cc(N(c7ccc(C)cc7)c7ncncn7)ccc5-6)cc4)ccc2-3)c2ncncn2)cc1. The van der Waals surface area contributed by atoms with Crippen LogP contribution in [0.3, 0.4) is 0 Å². The molecule has 0 N–H and O–H groups in total. The zero-order valence-electron chi connectivity index (χ0n) is 39.1. The fourth-order valence-electron chi connectivity index (χ4n) is 9.92. The second-order valence-electron chi connectivity index (χ2n) is 18.9. The molecule has 0 spiro atoms. The molecule has 0 unspecified atom stereocenters. The lowest BCUT2D eigenvalue weighted by molar-refractivity contribution is 0.660. The molecule has 0 saturated heterocycles. The Kier molecular flexibility index (Phi) is 10.5. The molecule has 0 fully saturated rings. The van der Waals surface area contributed by atoms with Crippen molar-refractivity contribution in [3.63, 3.8) is 0 Å². The van der Waals surface area contributed by atoms with Crippen LogP contribution in [0.4, 0.5) is 34.6 Å². The van der Waals surface area contributed by atoms with Crippen LogP contribution < -0.4 is 9.80 Å². The van der Waals surface area contributed by atoms with Crippen LogP contribution in [-0.4, -0.2) is 29.9 Å². The quantitative estimate of drug-likeness (QED) is 0.126. The van der Waals surface area contributed by atoms with E-state index in [4.69, 9.17) is 0 Å². The highest BCUT2D eigenvalue weighted by Gasteiger charge is 2.38. The Hall–Kier alpha value is -8.36. The lowest BCUT2D eigenvalue weighted by atomic mass is 9.81. The van der Waals surface area contributed by atoms with Gasteiger partial charge in [0.2, 0.25) is 11.9 Å². The maximum Gasteiger partial charge on any atom is 0.237 e. The van der Waals surface area contributed by atoms with Crippen molar-refractivity contribution in [3.8, 4) is 22.3 Å². The van der Waals surface area contributed by atoms with Crippen molar-refractivity contribution in [2.75, 3.05) is 9.80 Å². The molecule has 2 aliphatic carbocycles. The van der Waals surface area contributed by atoms with Gasteiger partial charge >= 0.3 is 0 Å². The van der Waals surface area contributed by atoms with Gasteiger partial charge in [0.05, 0.1) is 0 Å². The van der Waals surface area contributed by atoms with Crippen LogP contribution in [0.25, 0.3) is 46.6 Å². The van der Waals surface area contributed by atoms with Crippen molar-refractivity contribution in [2.24, 2.45) is 0 Å². The van der Waals surface area contributed by atoms with Gasteiger partial charge in [-0.25, -0.2) is 29.9 Å². The standard InChI is InChI=1S/C60H50N8/c1-39-7-21-45(22-8-39)67(57-63-35-61-36-64-57)47-25-29-51-49-27-19-43(31-53(49)59(3,4)55(51)33-47)17-15-41-11-13-42(14-12-41)16-18-44-20-28-50-52-30-26-48(34-56(52)60(5,6)54(50)32-44)68(58-65-37-62-38-66-58)46-23-9-40(2)10-24-46/h7-38H,1-6H3/b17-15+,18-16+.